The largest absolute Gasteiger partial charge is 0.493 e. The Morgan fingerprint density at radius 3 is 2.62 bits per heavy atom. The van der Waals surface area contributed by atoms with Crippen LogP contribution in [0, 0.1) is 0 Å². The van der Waals surface area contributed by atoms with Crippen LogP contribution in [0.15, 0.2) is 47.6 Å². The lowest BCUT2D eigenvalue weighted by molar-refractivity contribution is 0.0955. The first-order valence-corrected chi connectivity index (χ1v) is 7.63. The van der Waals surface area contributed by atoms with Crippen molar-refractivity contribution in [2.45, 2.75) is 13.3 Å². The molecular weight excluding hydrogens is 306 g/mol. The van der Waals surface area contributed by atoms with Gasteiger partial charge in [-0.3, -0.25) is 4.79 Å². The molecule has 0 unspecified atom stereocenters. The third kappa shape index (κ3) is 4.74. The van der Waals surface area contributed by atoms with Gasteiger partial charge < -0.3 is 15.2 Å². The van der Waals surface area contributed by atoms with E-state index in [4.69, 9.17) is 15.2 Å². The minimum absolute atomic E-state index is 0.305. The monoisotopic (exact) mass is 327 g/mol. The van der Waals surface area contributed by atoms with Crippen LogP contribution in [0.25, 0.3) is 0 Å². The smallest absolute Gasteiger partial charge is 0.271 e. The van der Waals surface area contributed by atoms with E-state index in [0.29, 0.717) is 29.4 Å². The minimum Gasteiger partial charge on any atom is -0.493 e. The Labute approximate surface area is 141 Å². The zero-order valence-electron chi connectivity index (χ0n) is 13.8. The number of methoxy groups -OCH3 is 1. The number of ether oxygens (including phenoxy) is 2. The van der Waals surface area contributed by atoms with Crippen LogP contribution in [0.3, 0.4) is 0 Å². The Hall–Kier alpha value is -3.02. The summed E-state index contributed by atoms with van der Waals surface area (Å²) in [4.78, 5) is 11.9. The molecule has 3 N–H and O–H groups in total. The Morgan fingerprint density at radius 2 is 1.96 bits per heavy atom. The highest BCUT2D eigenvalue weighted by atomic mass is 16.5. The van der Waals surface area contributed by atoms with E-state index in [1.807, 2.05) is 19.1 Å². The summed E-state index contributed by atoms with van der Waals surface area (Å²) in [5, 5.41) is 3.96. The standard InChI is InChI=1S/C18H21N3O3/c1-3-10-24-16-9-4-13(11-17(16)23-2)12-20-21-18(22)14-5-7-15(19)8-6-14/h4-9,11-12H,3,10,19H2,1-2H3,(H,21,22)/b20-12-. The Balaban J connectivity index is 2.00. The lowest BCUT2D eigenvalue weighted by Crippen LogP contribution is -2.17. The summed E-state index contributed by atoms with van der Waals surface area (Å²) < 4.78 is 10.9. The molecule has 24 heavy (non-hydrogen) atoms. The molecular formula is C18H21N3O3. The first-order chi connectivity index (χ1) is 11.6. The first-order valence-electron chi connectivity index (χ1n) is 7.63. The van der Waals surface area contributed by atoms with Crippen LogP contribution in [-0.2, 0) is 0 Å². The van der Waals surface area contributed by atoms with E-state index in [-0.39, 0.29) is 5.91 Å². The van der Waals surface area contributed by atoms with Gasteiger partial charge in [0.05, 0.1) is 19.9 Å². The fourth-order valence-electron chi connectivity index (χ4n) is 1.96. The molecule has 0 atom stereocenters. The average molecular weight is 327 g/mol. The third-order valence-corrected chi connectivity index (χ3v) is 3.20. The number of hydrazone groups is 1. The molecule has 126 valence electrons. The van der Waals surface area contributed by atoms with Crippen molar-refractivity contribution in [3.05, 3.63) is 53.6 Å². The van der Waals surface area contributed by atoms with Gasteiger partial charge in [-0.1, -0.05) is 6.92 Å². The molecule has 0 spiro atoms. The highest BCUT2D eigenvalue weighted by Crippen LogP contribution is 2.27. The SMILES string of the molecule is CCCOc1ccc(/C=N\NC(=O)c2ccc(N)cc2)cc1OC. The quantitative estimate of drug-likeness (QED) is 0.465. The predicted molar refractivity (Wildman–Crippen MR) is 94.7 cm³/mol. The molecule has 0 bridgehead atoms. The van der Waals surface area contributed by atoms with Crippen molar-refractivity contribution in [1.82, 2.24) is 5.43 Å². The Kier molecular flexibility index (Phi) is 6.19. The van der Waals surface area contributed by atoms with Crippen LogP contribution >= 0.6 is 0 Å². The molecule has 0 heterocycles. The van der Waals surface area contributed by atoms with E-state index < -0.39 is 0 Å². The Morgan fingerprint density at radius 1 is 1.21 bits per heavy atom. The van der Waals surface area contributed by atoms with E-state index in [9.17, 15) is 4.79 Å². The number of rotatable bonds is 7. The first kappa shape index (κ1) is 17.3. The summed E-state index contributed by atoms with van der Waals surface area (Å²) in [5.74, 6) is 1.00. The van der Waals surface area contributed by atoms with Gasteiger partial charge in [0.2, 0.25) is 0 Å². The third-order valence-electron chi connectivity index (χ3n) is 3.20. The van der Waals surface area contributed by atoms with Gasteiger partial charge in [0.15, 0.2) is 11.5 Å². The van der Waals surface area contributed by atoms with E-state index in [1.165, 1.54) is 0 Å². The maximum Gasteiger partial charge on any atom is 0.271 e. The molecule has 0 aromatic heterocycles. The van der Waals surface area contributed by atoms with Gasteiger partial charge in [0, 0.05) is 11.3 Å². The van der Waals surface area contributed by atoms with Gasteiger partial charge in [-0.15, -0.1) is 0 Å². The van der Waals surface area contributed by atoms with E-state index >= 15 is 0 Å². The van der Waals surface area contributed by atoms with Crippen molar-refractivity contribution in [2.24, 2.45) is 5.10 Å². The highest BCUT2D eigenvalue weighted by molar-refractivity contribution is 5.95. The molecule has 0 aliphatic heterocycles. The summed E-state index contributed by atoms with van der Waals surface area (Å²) in [6.07, 6.45) is 2.46. The molecule has 1 amide bonds. The molecule has 0 aliphatic rings. The number of amides is 1. The van der Waals surface area contributed by atoms with Gasteiger partial charge in [-0.05, 0) is 54.4 Å². The number of nitrogen functional groups attached to an aromatic ring is 1. The lowest BCUT2D eigenvalue weighted by Gasteiger charge is -2.10. The predicted octanol–water partition coefficient (Wildman–Crippen LogP) is 2.83. The van der Waals surface area contributed by atoms with Crippen molar-refractivity contribution >= 4 is 17.8 Å². The number of hydrogen-bond acceptors (Lipinski definition) is 5. The second-order valence-corrected chi connectivity index (χ2v) is 5.08. The molecule has 2 aromatic carbocycles. The van der Waals surface area contributed by atoms with Gasteiger partial charge in [0.25, 0.3) is 5.91 Å². The number of nitrogens with two attached hydrogens (primary N) is 1. The summed E-state index contributed by atoms with van der Waals surface area (Å²) >= 11 is 0. The van der Waals surface area contributed by atoms with Crippen molar-refractivity contribution in [3.63, 3.8) is 0 Å². The van der Waals surface area contributed by atoms with Crippen LogP contribution in [0.2, 0.25) is 0 Å². The summed E-state index contributed by atoms with van der Waals surface area (Å²) in [5.41, 5.74) is 9.94. The molecule has 2 aromatic rings. The van der Waals surface area contributed by atoms with Crippen LogP contribution in [-0.4, -0.2) is 25.8 Å². The van der Waals surface area contributed by atoms with Gasteiger partial charge in [-0.2, -0.15) is 5.10 Å². The molecule has 0 radical (unpaired) electrons. The van der Waals surface area contributed by atoms with Gasteiger partial charge >= 0.3 is 0 Å². The zero-order valence-corrected chi connectivity index (χ0v) is 13.8. The number of benzene rings is 2. The van der Waals surface area contributed by atoms with E-state index in [1.54, 1.807) is 43.7 Å². The number of nitrogens with one attached hydrogen (secondary N) is 1. The number of hydrogen-bond donors (Lipinski definition) is 2. The van der Waals surface area contributed by atoms with Crippen LogP contribution in [0.5, 0.6) is 11.5 Å². The normalized spacial score (nSPS) is 10.6. The fourth-order valence-corrected chi connectivity index (χ4v) is 1.96. The second-order valence-electron chi connectivity index (χ2n) is 5.08. The molecule has 0 fully saturated rings. The fraction of sp³-hybridized carbons (Fsp3) is 0.222. The average Bonchev–Trinajstić information content (AvgIpc) is 2.60. The van der Waals surface area contributed by atoms with Crippen LogP contribution < -0.4 is 20.6 Å². The molecule has 0 saturated heterocycles. The van der Waals surface area contributed by atoms with Crippen LogP contribution in [0.1, 0.15) is 29.3 Å². The molecule has 0 saturated carbocycles. The number of anilines is 1. The lowest BCUT2D eigenvalue weighted by atomic mass is 10.2. The van der Waals surface area contributed by atoms with Crippen molar-refractivity contribution in [3.8, 4) is 11.5 Å². The van der Waals surface area contributed by atoms with Crippen molar-refractivity contribution < 1.29 is 14.3 Å². The molecule has 2 rings (SSSR count). The van der Waals surface area contributed by atoms with E-state index in [2.05, 4.69) is 10.5 Å². The van der Waals surface area contributed by atoms with Crippen molar-refractivity contribution in [2.75, 3.05) is 19.5 Å². The van der Waals surface area contributed by atoms with Crippen molar-refractivity contribution in [1.29, 1.82) is 0 Å². The zero-order chi connectivity index (χ0) is 17.4. The number of carbonyl (C=O) groups is 1. The summed E-state index contributed by atoms with van der Waals surface area (Å²) in [6.45, 7) is 2.67. The molecule has 0 aliphatic carbocycles. The summed E-state index contributed by atoms with van der Waals surface area (Å²) in [7, 11) is 1.58. The minimum atomic E-state index is -0.305. The maximum atomic E-state index is 11.9. The Bertz CT molecular complexity index is 712. The number of nitrogens with zero attached hydrogens (tertiary/aromatic N) is 1. The maximum absolute atomic E-state index is 11.9. The van der Waals surface area contributed by atoms with Gasteiger partial charge in [-0.25, -0.2) is 5.43 Å². The van der Waals surface area contributed by atoms with E-state index in [0.717, 1.165) is 12.0 Å². The van der Waals surface area contributed by atoms with Crippen LogP contribution in [0.4, 0.5) is 5.69 Å². The topological polar surface area (TPSA) is 85.9 Å². The highest BCUT2D eigenvalue weighted by Gasteiger charge is 2.05. The molecule has 6 heteroatoms. The number of carbonyl (C=O) groups excluding carboxylic acids is 1. The molecule has 6 nitrogen and oxygen atoms in total. The summed E-state index contributed by atoms with van der Waals surface area (Å²) in [6, 6.07) is 12.1. The van der Waals surface area contributed by atoms with Gasteiger partial charge in [0.1, 0.15) is 0 Å². The second kappa shape index (κ2) is 8.57.